The number of rotatable bonds is 5. The summed E-state index contributed by atoms with van der Waals surface area (Å²) in [6.07, 6.45) is 1.76. The molecule has 64 valence electrons. The molecule has 1 unspecified atom stereocenters. The van der Waals surface area contributed by atoms with Gasteiger partial charge in [-0.3, -0.25) is 4.79 Å². The standard InChI is InChI=1S/C7H16N2O.2H2/c1-6(10)7(9-2)4-3-5-8;;/h7,9H,3-5,8H2,1-2H3;2*1H/i;1+1D;1+1. The molecule has 0 aromatic carbocycles. The Bertz CT molecular complexity index is 114. The Morgan fingerprint density at radius 2 is 2.50 bits per heavy atom. The highest BCUT2D eigenvalue weighted by Crippen LogP contribution is 1.95. The van der Waals surface area contributed by atoms with E-state index >= 15 is 0 Å². The van der Waals surface area contributed by atoms with E-state index in [2.05, 4.69) is 5.32 Å². The molecule has 0 radical (unpaired) electrons. The zero-order valence-electron chi connectivity index (χ0n) is 8.68. The fourth-order valence-electron chi connectivity index (χ4n) is 0.873. The quantitative estimate of drug-likeness (QED) is 0.598. The van der Waals surface area contributed by atoms with Crippen LogP contribution in [0.2, 0.25) is 0 Å². The summed E-state index contributed by atoms with van der Waals surface area (Å²) < 4.78 is 10.0. The Balaban J connectivity index is -0.000000309. The second kappa shape index (κ2) is 5.38. The van der Waals surface area contributed by atoms with E-state index in [1.165, 1.54) is 0 Å². The van der Waals surface area contributed by atoms with Crippen LogP contribution in [0.4, 0.5) is 0 Å². The summed E-state index contributed by atoms with van der Waals surface area (Å²) in [5, 5.41) is 2.93. The minimum Gasteiger partial charge on any atom is -0.330 e. The third-order valence-corrected chi connectivity index (χ3v) is 1.54. The SMILES string of the molecule is CNC(CCCN)C(C)=O.[2HH].[2H][2H]. The van der Waals surface area contributed by atoms with Gasteiger partial charge in [0.05, 0.1) is 6.04 Å². The highest BCUT2D eigenvalue weighted by molar-refractivity contribution is 5.81. The maximum absolute atomic E-state index is 10.8. The number of carbonyl (C=O) groups excluding carboxylic acids is 1. The molecule has 0 aromatic heterocycles. The fraction of sp³-hybridized carbons (Fsp3) is 0.857. The number of nitrogens with two attached hydrogens (primary N) is 1. The van der Waals surface area contributed by atoms with Crippen LogP contribution in [0, 0.1) is 0 Å². The highest BCUT2D eigenvalue weighted by Gasteiger charge is 2.08. The van der Waals surface area contributed by atoms with E-state index in [4.69, 9.17) is 8.70 Å². The van der Waals surface area contributed by atoms with Gasteiger partial charge in [0.1, 0.15) is 5.78 Å². The van der Waals surface area contributed by atoms with Crippen molar-refractivity contribution in [3.05, 3.63) is 0 Å². The zero-order chi connectivity index (χ0) is 9.98. The van der Waals surface area contributed by atoms with Crippen LogP contribution in [0.15, 0.2) is 0 Å². The molecule has 0 aliphatic heterocycles. The van der Waals surface area contributed by atoms with E-state index in [9.17, 15) is 4.79 Å². The molecule has 3 N–H and O–H groups in total. The lowest BCUT2D eigenvalue weighted by atomic mass is 10.1. The van der Waals surface area contributed by atoms with Crippen molar-refractivity contribution in [2.45, 2.75) is 25.8 Å². The third kappa shape index (κ3) is 3.58. The van der Waals surface area contributed by atoms with Crippen molar-refractivity contribution in [1.29, 1.82) is 0 Å². The molecule has 0 amide bonds. The number of hydrogen-bond donors (Lipinski definition) is 2. The average molecular weight is 151 g/mol. The number of Topliss-reactive ketones (excluding diaryl/α,β-unsaturated/α-hetero) is 1. The van der Waals surface area contributed by atoms with E-state index in [1.54, 1.807) is 14.0 Å². The van der Waals surface area contributed by atoms with Gasteiger partial charge in [-0.15, -0.1) is 0 Å². The maximum Gasteiger partial charge on any atom is 0.146 e. The summed E-state index contributed by atoms with van der Waals surface area (Å²) in [5.41, 5.74) is 5.29. The van der Waals surface area contributed by atoms with Crippen LogP contribution < -0.4 is 11.1 Å². The lowest BCUT2D eigenvalue weighted by Crippen LogP contribution is -2.32. The lowest BCUT2D eigenvalue weighted by molar-refractivity contribution is -0.119. The van der Waals surface area contributed by atoms with E-state index in [1.807, 2.05) is 0 Å². The molecule has 0 aliphatic rings. The summed E-state index contributed by atoms with van der Waals surface area (Å²) in [6, 6.07) is 0.00329. The minimum atomic E-state index is 0. The fourth-order valence-corrected chi connectivity index (χ4v) is 0.873. The van der Waals surface area contributed by atoms with Gasteiger partial charge in [-0.1, -0.05) is 0 Å². The van der Waals surface area contributed by atoms with E-state index in [0.717, 1.165) is 12.8 Å². The molecule has 0 saturated carbocycles. The van der Waals surface area contributed by atoms with Crippen LogP contribution in [0.5, 0.6) is 0 Å². The van der Waals surface area contributed by atoms with Crippen molar-refractivity contribution in [1.82, 2.24) is 5.32 Å². The molecule has 3 heteroatoms. The Morgan fingerprint density at radius 1 is 1.90 bits per heavy atom. The maximum atomic E-state index is 10.8. The van der Waals surface area contributed by atoms with E-state index in [0.29, 0.717) is 6.54 Å². The molecule has 0 saturated heterocycles. The molecule has 0 aromatic rings. The second-order valence-corrected chi connectivity index (χ2v) is 2.38. The molecule has 1 atom stereocenters. The number of hydrogen-bond acceptors (Lipinski definition) is 3. The minimum absolute atomic E-state index is 0. The second-order valence-electron chi connectivity index (χ2n) is 2.38. The summed E-state index contributed by atoms with van der Waals surface area (Å²) >= 11 is 0. The van der Waals surface area contributed by atoms with Crippen LogP contribution in [0.3, 0.4) is 0 Å². The number of likely N-dealkylation sites (N-methyl/N-ethyl adjacent to an activating group) is 1. The van der Waals surface area contributed by atoms with Gasteiger partial charge in [0.2, 0.25) is 0 Å². The monoisotopic (exact) mass is 151 g/mol. The van der Waals surface area contributed by atoms with Crippen molar-refractivity contribution >= 4 is 5.78 Å². The van der Waals surface area contributed by atoms with Gasteiger partial charge in [-0.2, -0.15) is 0 Å². The van der Waals surface area contributed by atoms with E-state index < -0.39 is 0 Å². The Labute approximate surface area is 66.6 Å². The zero-order valence-corrected chi connectivity index (χ0v) is 6.68. The van der Waals surface area contributed by atoms with Crippen molar-refractivity contribution in [3.8, 4) is 0 Å². The Hall–Kier alpha value is -0.410. The summed E-state index contributed by atoms with van der Waals surface area (Å²) in [4.78, 5) is 10.8. The molecule has 10 heavy (non-hydrogen) atoms. The van der Waals surface area contributed by atoms with E-state index in [-0.39, 0.29) is 13.3 Å². The van der Waals surface area contributed by atoms with Crippen LogP contribution in [0.25, 0.3) is 0 Å². The summed E-state index contributed by atoms with van der Waals surface area (Å²) in [5.74, 6) is 0.191. The summed E-state index contributed by atoms with van der Waals surface area (Å²) in [6.45, 7) is 2.25. The molecule has 0 fully saturated rings. The molecular formula is C7H20N2O. The summed E-state index contributed by atoms with van der Waals surface area (Å²) in [7, 11) is 1.79. The van der Waals surface area contributed by atoms with Gasteiger partial charge in [-0.05, 0) is 33.4 Å². The predicted octanol–water partition coefficient (Wildman–Crippen LogP) is 0.394. The highest BCUT2D eigenvalue weighted by atomic mass is 16.1. The van der Waals surface area contributed by atoms with Gasteiger partial charge in [0.25, 0.3) is 0 Å². The smallest absolute Gasteiger partial charge is 0.146 e. The first-order chi connectivity index (χ1) is 5.72. The first-order valence-electron chi connectivity index (χ1n) is 4.60. The van der Waals surface area contributed by atoms with Crippen molar-refractivity contribution in [3.63, 3.8) is 0 Å². The van der Waals surface area contributed by atoms with Gasteiger partial charge in [0, 0.05) is 4.40 Å². The third-order valence-electron chi connectivity index (χ3n) is 1.54. The van der Waals surface area contributed by atoms with Crippen molar-refractivity contribution < 1.29 is 9.19 Å². The predicted molar refractivity (Wildman–Crippen MR) is 46.0 cm³/mol. The van der Waals surface area contributed by atoms with Crippen LogP contribution in [-0.4, -0.2) is 25.4 Å². The largest absolute Gasteiger partial charge is 0.330 e. The first kappa shape index (κ1) is 7.69. The van der Waals surface area contributed by atoms with Gasteiger partial charge >= 0.3 is 0 Å². The normalized spacial score (nSPS) is 13.9. The van der Waals surface area contributed by atoms with Gasteiger partial charge in [0.15, 0.2) is 0 Å². The number of carbonyl (C=O) groups is 1. The molecular weight excluding hydrogens is 128 g/mol. The van der Waals surface area contributed by atoms with Gasteiger partial charge in [-0.25, -0.2) is 0 Å². The molecule has 0 spiro atoms. The molecule has 0 heterocycles. The molecule has 3 nitrogen and oxygen atoms in total. The van der Waals surface area contributed by atoms with Crippen LogP contribution in [0.1, 0.15) is 24.2 Å². The topological polar surface area (TPSA) is 55.1 Å². The Kier molecular flexibility index (Phi) is 4.14. The average Bonchev–Trinajstić information content (AvgIpc) is 2.09. The number of ketones is 1. The van der Waals surface area contributed by atoms with Crippen LogP contribution >= 0.6 is 0 Å². The first-order valence-corrected chi connectivity index (χ1v) is 3.60. The molecule has 0 aliphatic carbocycles. The van der Waals surface area contributed by atoms with Crippen molar-refractivity contribution in [2.24, 2.45) is 5.73 Å². The molecule has 0 bridgehead atoms. The van der Waals surface area contributed by atoms with Crippen LogP contribution in [-0.2, 0) is 4.79 Å². The van der Waals surface area contributed by atoms with Gasteiger partial charge < -0.3 is 11.1 Å². The lowest BCUT2D eigenvalue weighted by Gasteiger charge is -2.10. The Morgan fingerprint density at radius 3 is 2.80 bits per heavy atom. The number of nitrogens with one attached hydrogen (secondary N) is 1. The molecule has 0 rings (SSSR count). The van der Waals surface area contributed by atoms with Crippen molar-refractivity contribution in [2.75, 3.05) is 13.6 Å².